The normalized spacial score (nSPS) is 13.2. The third-order valence-electron chi connectivity index (χ3n) is 6.38. The Kier molecular flexibility index (Phi) is 6.23. The van der Waals surface area contributed by atoms with Crippen molar-refractivity contribution in [3.05, 3.63) is 104 Å². The largest absolute Gasteiger partial charge is 0.507 e. The predicted molar refractivity (Wildman–Crippen MR) is 142 cm³/mol. The highest BCUT2D eigenvalue weighted by Crippen LogP contribution is 2.45. The molecule has 1 heterocycles. The molecule has 0 saturated heterocycles. The van der Waals surface area contributed by atoms with Crippen molar-refractivity contribution in [3.63, 3.8) is 0 Å². The fourth-order valence-electron chi connectivity index (χ4n) is 4.57. The number of fused-ring (bicyclic) bond motifs is 1. The van der Waals surface area contributed by atoms with Crippen LogP contribution in [0.1, 0.15) is 75.3 Å². The SMILES string of the molecule is CC(C)(C)c1cc(C(c2ccccc2)c2c(O)c3cc(Cl)ccc3oc2=O)cc(C(C)(C)C)c1O. The molecule has 1 unspecified atom stereocenters. The van der Waals surface area contributed by atoms with Crippen LogP contribution in [0.3, 0.4) is 0 Å². The highest BCUT2D eigenvalue weighted by atomic mass is 35.5. The number of halogens is 1. The Morgan fingerprint density at radius 2 is 1.34 bits per heavy atom. The second-order valence-corrected chi connectivity index (χ2v) is 11.5. The Morgan fingerprint density at radius 3 is 1.89 bits per heavy atom. The molecule has 4 nitrogen and oxygen atoms in total. The van der Waals surface area contributed by atoms with E-state index in [2.05, 4.69) is 0 Å². The minimum Gasteiger partial charge on any atom is -0.507 e. The molecule has 0 saturated carbocycles. The number of rotatable bonds is 3. The van der Waals surface area contributed by atoms with Gasteiger partial charge in [-0.3, -0.25) is 0 Å². The van der Waals surface area contributed by atoms with Gasteiger partial charge >= 0.3 is 5.63 Å². The lowest BCUT2D eigenvalue weighted by Crippen LogP contribution is -2.20. The fraction of sp³-hybridized carbons (Fsp3) is 0.300. The maximum atomic E-state index is 13.3. The first kappa shape index (κ1) is 24.9. The molecule has 1 atom stereocenters. The van der Waals surface area contributed by atoms with Crippen molar-refractivity contribution < 1.29 is 14.6 Å². The average Bonchev–Trinajstić information content (AvgIpc) is 2.76. The lowest BCUT2D eigenvalue weighted by molar-refractivity contribution is 0.422. The molecule has 0 fully saturated rings. The van der Waals surface area contributed by atoms with Crippen molar-refractivity contribution in [3.8, 4) is 11.5 Å². The molecule has 0 radical (unpaired) electrons. The molecule has 0 aliphatic rings. The number of hydrogen-bond acceptors (Lipinski definition) is 4. The van der Waals surface area contributed by atoms with Crippen LogP contribution in [0.15, 0.2) is 69.9 Å². The lowest BCUT2D eigenvalue weighted by atomic mass is 9.75. The fourth-order valence-corrected chi connectivity index (χ4v) is 4.74. The van der Waals surface area contributed by atoms with Gasteiger partial charge in [0.2, 0.25) is 0 Å². The van der Waals surface area contributed by atoms with Gasteiger partial charge in [-0.05, 0) is 51.3 Å². The van der Waals surface area contributed by atoms with Gasteiger partial charge in [0.15, 0.2) is 0 Å². The zero-order valence-corrected chi connectivity index (χ0v) is 21.7. The number of aromatic hydroxyl groups is 2. The van der Waals surface area contributed by atoms with Gasteiger partial charge in [0.05, 0.1) is 10.9 Å². The molecule has 2 N–H and O–H groups in total. The number of benzene rings is 3. The van der Waals surface area contributed by atoms with Crippen LogP contribution in [0.2, 0.25) is 5.02 Å². The molecular weight excluding hydrogens is 460 g/mol. The zero-order chi connectivity index (χ0) is 25.7. The van der Waals surface area contributed by atoms with Crippen LogP contribution in [0, 0.1) is 0 Å². The maximum absolute atomic E-state index is 13.3. The highest BCUT2D eigenvalue weighted by molar-refractivity contribution is 6.31. The molecule has 5 heteroatoms. The van der Waals surface area contributed by atoms with Gasteiger partial charge in [-0.25, -0.2) is 4.79 Å². The number of hydrogen-bond donors (Lipinski definition) is 2. The van der Waals surface area contributed by atoms with Crippen molar-refractivity contribution in [1.29, 1.82) is 0 Å². The molecule has 0 amide bonds. The predicted octanol–water partition coefficient (Wildman–Crippen LogP) is 7.63. The molecule has 4 rings (SSSR count). The number of phenols is 1. The standard InChI is InChI=1S/C30H31ClO4/c1-29(2,3)21-14-18(15-22(27(21)33)30(4,5)6)24(17-10-8-7-9-11-17)25-26(32)20-16-19(31)12-13-23(20)35-28(25)34/h7-16,24,32-33H,1-6H3. The summed E-state index contributed by atoms with van der Waals surface area (Å²) in [5.41, 5.74) is 2.22. The van der Waals surface area contributed by atoms with E-state index in [0.29, 0.717) is 10.4 Å². The van der Waals surface area contributed by atoms with E-state index in [4.69, 9.17) is 16.0 Å². The zero-order valence-electron chi connectivity index (χ0n) is 20.9. The van der Waals surface area contributed by atoms with Crippen molar-refractivity contribution in [2.24, 2.45) is 0 Å². The molecule has 35 heavy (non-hydrogen) atoms. The Bertz CT molecular complexity index is 1420. The monoisotopic (exact) mass is 490 g/mol. The van der Waals surface area contributed by atoms with Crippen molar-refractivity contribution in [2.75, 3.05) is 0 Å². The van der Waals surface area contributed by atoms with E-state index in [0.717, 1.165) is 22.3 Å². The third-order valence-corrected chi connectivity index (χ3v) is 6.61. The summed E-state index contributed by atoms with van der Waals surface area (Å²) in [7, 11) is 0. The van der Waals surface area contributed by atoms with E-state index < -0.39 is 11.5 Å². The van der Waals surface area contributed by atoms with Gasteiger partial charge < -0.3 is 14.6 Å². The van der Waals surface area contributed by atoms with Crippen LogP contribution in [0.25, 0.3) is 11.0 Å². The summed E-state index contributed by atoms with van der Waals surface area (Å²) in [4.78, 5) is 13.3. The van der Waals surface area contributed by atoms with Crippen LogP contribution < -0.4 is 5.63 Å². The second kappa shape index (κ2) is 8.76. The lowest BCUT2D eigenvalue weighted by Gasteiger charge is -2.30. The van der Waals surface area contributed by atoms with Gasteiger partial charge in [-0.15, -0.1) is 0 Å². The van der Waals surface area contributed by atoms with Crippen molar-refractivity contribution in [1.82, 2.24) is 0 Å². The molecule has 1 aromatic heterocycles. The molecule has 182 valence electrons. The first-order valence-corrected chi connectivity index (χ1v) is 12.0. The molecular formula is C30H31ClO4. The van der Waals surface area contributed by atoms with E-state index in [9.17, 15) is 15.0 Å². The summed E-state index contributed by atoms with van der Waals surface area (Å²) in [6, 6.07) is 18.2. The van der Waals surface area contributed by atoms with Gasteiger partial charge in [-0.2, -0.15) is 0 Å². The van der Waals surface area contributed by atoms with E-state index in [1.807, 2.05) is 84.0 Å². The van der Waals surface area contributed by atoms with E-state index >= 15 is 0 Å². The third kappa shape index (κ3) is 4.68. The quantitative estimate of drug-likeness (QED) is 0.289. The Hall–Kier alpha value is -3.24. The minimum absolute atomic E-state index is 0.136. The van der Waals surface area contributed by atoms with Gasteiger partial charge in [0, 0.05) is 10.9 Å². The van der Waals surface area contributed by atoms with Crippen LogP contribution in [0.5, 0.6) is 11.5 Å². The smallest absolute Gasteiger partial charge is 0.344 e. The van der Waals surface area contributed by atoms with Crippen molar-refractivity contribution in [2.45, 2.75) is 58.3 Å². The average molecular weight is 491 g/mol. The second-order valence-electron chi connectivity index (χ2n) is 11.1. The van der Waals surface area contributed by atoms with Gasteiger partial charge in [0.1, 0.15) is 17.1 Å². The first-order valence-electron chi connectivity index (χ1n) is 11.7. The molecule has 0 aliphatic heterocycles. The van der Waals surface area contributed by atoms with Crippen molar-refractivity contribution >= 4 is 22.6 Å². The van der Waals surface area contributed by atoms with E-state index in [1.54, 1.807) is 18.2 Å². The van der Waals surface area contributed by atoms with E-state index in [-0.39, 0.29) is 33.5 Å². The topological polar surface area (TPSA) is 70.7 Å². The molecule has 4 aromatic rings. The Morgan fingerprint density at radius 1 is 0.771 bits per heavy atom. The van der Waals surface area contributed by atoms with Crippen LogP contribution in [0.4, 0.5) is 0 Å². The number of phenolic OH excluding ortho intramolecular Hbond substituents is 1. The highest BCUT2D eigenvalue weighted by Gasteiger charge is 2.32. The van der Waals surface area contributed by atoms with Gasteiger partial charge in [0.25, 0.3) is 0 Å². The molecule has 0 bridgehead atoms. The minimum atomic E-state index is -0.626. The summed E-state index contributed by atoms with van der Waals surface area (Å²) in [6.45, 7) is 12.2. The van der Waals surface area contributed by atoms with Crippen LogP contribution in [-0.2, 0) is 10.8 Å². The van der Waals surface area contributed by atoms with Crippen LogP contribution >= 0.6 is 11.6 Å². The maximum Gasteiger partial charge on any atom is 0.344 e. The first-order chi connectivity index (χ1) is 16.3. The van der Waals surface area contributed by atoms with E-state index in [1.165, 1.54) is 0 Å². The summed E-state index contributed by atoms with van der Waals surface area (Å²) in [5.74, 6) is -0.531. The van der Waals surface area contributed by atoms with Gasteiger partial charge in [-0.1, -0.05) is 95.6 Å². The molecule has 3 aromatic carbocycles. The summed E-state index contributed by atoms with van der Waals surface area (Å²) < 4.78 is 5.65. The summed E-state index contributed by atoms with van der Waals surface area (Å²) >= 11 is 6.20. The molecule has 0 spiro atoms. The Labute approximate surface area is 210 Å². The molecule has 0 aliphatic carbocycles. The summed E-state index contributed by atoms with van der Waals surface area (Å²) in [5, 5.41) is 23.4. The Balaban J connectivity index is 2.13. The van der Waals surface area contributed by atoms with Crippen LogP contribution in [-0.4, -0.2) is 10.2 Å². The summed E-state index contributed by atoms with van der Waals surface area (Å²) in [6.07, 6.45) is 0.